The van der Waals surface area contributed by atoms with Gasteiger partial charge >= 0.3 is 11.9 Å². The van der Waals surface area contributed by atoms with Crippen LogP contribution in [0.5, 0.6) is 0 Å². The van der Waals surface area contributed by atoms with Gasteiger partial charge in [-0.15, -0.1) is 20.2 Å². The Kier molecular flexibility index (Phi) is 15.3. The topological polar surface area (TPSA) is 334 Å². The van der Waals surface area contributed by atoms with Gasteiger partial charge in [-0.1, -0.05) is 24.3 Å². The summed E-state index contributed by atoms with van der Waals surface area (Å²) in [6, 6.07) is 20.1. The lowest BCUT2D eigenvalue weighted by Gasteiger charge is -2.06. The highest BCUT2D eigenvalue weighted by atomic mass is 16.6. The van der Waals surface area contributed by atoms with E-state index >= 15 is 0 Å². The molecule has 0 radical (unpaired) electrons. The maximum Gasteiger partial charge on any atom is 0.403 e. The van der Waals surface area contributed by atoms with Crippen LogP contribution in [0.4, 0.5) is 11.4 Å². The molecule has 0 atom stereocenters. The SMILES string of the molecule is N=C(N)[N+](N)=CC=Cc1cccn1-c1ccccc1[N+](=O)[O-].N=C(N)[N+](N)=CC=Cc1cccn1-c1ccccc1[N+](=O)[O-].O=C([O-])CCC(=O)[O-]. The highest BCUT2D eigenvalue weighted by Crippen LogP contribution is 2.25. The van der Waals surface area contributed by atoms with Crippen LogP contribution in [0.1, 0.15) is 24.2 Å². The molecule has 0 aliphatic rings. The molecule has 0 amide bonds. The van der Waals surface area contributed by atoms with E-state index in [1.165, 1.54) is 24.6 Å². The predicted octanol–water partition coefficient (Wildman–Crippen LogP) is -0.235. The maximum atomic E-state index is 11.1. The predicted molar refractivity (Wildman–Crippen MR) is 187 cm³/mol. The fourth-order valence-corrected chi connectivity index (χ4v) is 3.98. The Labute approximate surface area is 295 Å². The van der Waals surface area contributed by atoms with Crippen LogP contribution in [-0.4, -0.2) is 64.6 Å². The monoisotopic (exact) mass is 714 g/mol. The molecule has 0 aliphatic carbocycles. The Hall–Kier alpha value is -7.90. The third kappa shape index (κ3) is 12.6. The molecule has 2 aromatic heterocycles. The fourth-order valence-electron chi connectivity index (χ4n) is 3.98. The zero-order valence-corrected chi connectivity index (χ0v) is 27.2. The normalized spacial score (nSPS) is 11.2. The van der Waals surface area contributed by atoms with Crippen LogP contribution < -0.4 is 33.4 Å². The average Bonchev–Trinajstić information content (AvgIpc) is 3.77. The molecule has 0 aliphatic heterocycles. The number of hydrogen-bond acceptors (Lipinski definition) is 12. The van der Waals surface area contributed by atoms with Crippen LogP contribution in [0.3, 0.4) is 0 Å². The van der Waals surface area contributed by atoms with Gasteiger partial charge in [0.2, 0.25) is 0 Å². The Morgan fingerprint density at radius 1 is 0.635 bits per heavy atom. The molecule has 0 bridgehead atoms. The third-order valence-electron chi connectivity index (χ3n) is 6.35. The van der Waals surface area contributed by atoms with Gasteiger partial charge in [0.1, 0.15) is 11.4 Å². The third-order valence-corrected chi connectivity index (χ3v) is 6.35. The molecule has 0 saturated carbocycles. The summed E-state index contributed by atoms with van der Waals surface area (Å²) in [5.41, 5.74) is 12.8. The van der Waals surface area contributed by atoms with Crippen LogP contribution in [0.25, 0.3) is 23.5 Å². The van der Waals surface area contributed by atoms with Crippen molar-refractivity contribution in [2.24, 2.45) is 23.2 Å². The molecule has 0 unspecified atom stereocenters. The number of para-hydroxylation sites is 4. The van der Waals surface area contributed by atoms with E-state index in [4.69, 9.17) is 34.0 Å². The number of benzene rings is 2. The first-order valence-electron chi connectivity index (χ1n) is 14.6. The first kappa shape index (κ1) is 40.3. The number of carboxylic acids is 2. The lowest BCUT2D eigenvalue weighted by atomic mass is 10.2. The van der Waals surface area contributed by atoms with E-state index in [0.717, 1.165) is 20.8 Å². The van der Waals surface area contributed by atoms with Gasteiger partial charge in [-0.05, 0) is 73.5 Å². The van der Waals surface area contributed by atoms with Gasteiger partial charge in [-0.3, -0.25) is 43.4 Å². The number of carboxylic acid groups (broad SMARTS) is 2. The molecular formula is C32H34N12O8. The van der Waals surface area contributed by atoms with Gasteiger partial charge in [0.05, 0.1) is 22.3 Å². The second kappa shape index (κ2) is 19.8. The molecule has 4 aromatic rings. The number of hydrazone groups is 2. The van der Waals surface area contributed by atoms with Crippen LogP contribution >= 0.6 is 0 Å². The summed E-state index contributed by atoms with van der Waals surface area (Å²) in [6.07, 6.45) is 12.0. The molecule has 20 heteroatoms. The standard InChI is InChI=1S/2C14H15N6O2.C4H6O4/c2*15-14(16)19(17)10-4-6-11-5-3-9-18(11)12-7-1-2-8-13(12)20(21)22;5-3(6)1-2-4(7)8/h2*1-10H,17H2,(H3,15,16);1-2H2,(H,5,6)(H,7,8)/q2*+1;/p-2. The molecule has 4 rings (SSSR count). The number of nitro groups is 2. The summed E-state index contributed by atoms with van der Waals surface area (Å²) >= 11 is 0. The minimum Gasteiger partial charge on any atom is -0.550 e. The number of carbonyl (C=O) groups excluding carboxylic acids is 2. The summed E-state index contributed by atoms with van der Waals surface area (Å²) in [7, 11) is 0. The highest BCUT2D eigenvalue weighted by molar-refractivity contribution is 5.80. The number of hydrogen-bond donors (Lipinski definition) is 6. The van der Waals surface area contributed by atoms with Gasteiger partial charge < -0.3 is 28.9 Å². The number of nitro benzene ring substituents is 2. The number of rotatable bonds is 11. The Balaban J connectivity index is 0.000000299. The Bertz CT molecular complexity index is 1910. The molecular weight excluding hydrogens is 680 g/mol. The summed E-state index contributed by atoms with van der Waals surface area (Å²) in [5.74, 6) is 7.58. The van der Waals surface area contributed by atoms with E-state index in [2.05, 4.69) is 0 Å². The average molecular weight is 715 g/mol. The molecule has 10 N–H and O–H groups in total. The summed E-state index contributed by atoms with van der Waals surface area (Å²) in [6.45, 7) is 0. The molecule has 0 spiro atoms. The number of allylic oxidation sites excluding steroid dienone is 2. The maximum absolute atomic E-state index is 11.1. The van der Waals surface area contributed by atoms with Crippen molar-refractivity contribution in [3.63, 3.8) is 0 Å². The molecule has 52 heavy (non-hydrogen) atoms. The Morgan fingerprint density at radius 2 is 0.981 bits per heavy atom. The van der Waals surface area contributed by atoms with Crippen LogP contribution in [0, 0.1) is 31.0 Å². The molecule has 0 saturated heterocycles. The van der Waals surface area contributed by atoms with Crippen molar-refractivity contribution in [3.05, 3.63) is 129 Å². The highest BCUT2D eigenvalue weighted by Gasteiger charge is 2.16. The quantitative estimate of drug-likeness (QED) is 0.0293. The van der Waals surface area contributed by atoms with Crippen molar-refractivity contribution < 1.29 is 39.0 Å². The minimum atomic E-state index is -1.37. The van der Waals surface area contributed by atoms with Gasteiger partial charge in [-0.25, -0.2) is 0 Å². The molecule has 270 valence electrons. The first-order chi connectivity index (χ1) is 24.6. The number of nitrogens with one attached hydrogen (secondary N) is 2. The van der Waals surface area contributed by atoms with E-state index < -0.39 is 34.6 Å². The second-order valence-electron chi connectivity index (χ2n) is 9.94. The number of nitrogens with two attached hydrogens (primary N) is 4. The molecule has 2 heterocycles. The van der Waals surface area contributed by atoms with Crippen molar-refractivity contribution >= 4 is 59.8 Å². The van der Waals surface area contributed by atoms with E-state index in [0.29, 0.717) is 11.4 Å². The largest absolute Gasteiger partial charge is 0.550 e. The van der Waals surface area contributed by atoms with Gasteiger partial charge in [0.15, 0.2) is 0 Å². The van der Waals surface area contributed by atoms with Crippen molar-refractivity contribution in [3.8, 4) is 11.4 Å². The van der Waals surface area contributed by atoms with E-state index in [9.17, 15) is 40.0 Å². The van der Waals surface area contributed by atoms with Gasteiger partial charge in [-0.2, -0.15) is 0 Å². The molecule has 2 aromatic carbocycles. The van der Waals surface area contributed by atoms with Crippen LogP contribution in [-0.2, 0) is 9.59 Å². The smallest absolute Gasteiger partial charge is 0.403 e. The summed E-state index contributed by atoms with van der Waals surface area (Å²) < 4.78 is 5.29. The van der Waals surface area contributed by atoms with Gasteiger partial charge in [0, 0.05) is 47.9 Å². The number of carbonyl (C=O) groups is 2. The number of nitrogens with zero attached hydrogens (tertiary/aromatic N) is 6. The van der Waals surface area contributed by atoms with Crippen LogP contribution in [0.15, 0.2) is 97.3 Å². The lowest BCUT2D eigenvalue weighted by molar-refractivity contribution is -0.417. The van der Waals surface area contributed by atoms with Crippen molar-refractivity contribution in [1.29, 1.82) is 10.8 Å². The van der Waals surface area contributed by atoms with E-state index in [1.54, 1.807) is 106 Å². The summed E-state index contributed by atoms with van der Waals surface area (Å²) in [5, 5.41) is 55.5. The van der Waals surface area contributed by atoms with Gasteiger partial charge in [0.25, 0.3) is 11.4 Å². The summed E-state index contributed by atoms with van der Waals surface area (Å²) in [4.78, 5) is 40.4. The van der Waals surface area contributed by atoms with Crippen molar-refractivity contribution in [1.82, 2.24) is 9.13 Å². The number of hydrazine groups is 2. The number of guanidine groups is 2. The molecule has 20 nitrogen and oxygen atoms in total. The number of aromatic nitrogens is 2. The van der Waals surface area contributed by atoms with Crippen molar-refractivity contribution in [2.45, 2.75) is 12.8 Å². The number of aliphatic carboxylic acids is 2. The van der Waals surface area contributed by atoms with E-state index in [1.807, 2.05) is 0 Å². The van der Waals surface area contributed by atoms with Crippen LogP contribution in [0.2, 0.25) is 0 Å². The minimum absolute atomic E-state index is 0.0153. The zero-order valence-electron chi connectivity index (χ0n) is 27.2. The molecule has 0 fully saturated rings. The van der Waals surface area contributed by atoms with E-state index in [-0.39, 0.29) is 23.3 Å². The Morgan fingerprint density at radius 3 is 1.29 bits per heavy atom. The van der Waals surface area contributed by atoms with Crippen molar-refractivity contribution in [2.75, 3.05) is 0 Å². The first-order valence-corrected chi connectivity index (χ1v) is 14.6. The zero-order chi connectivity index (χ0) is 38.8. The lowest BCUT2D eigenvalue weighted by Crippen LogP contribution is -2.33. The second-order valence-corrected chi connectivity index (χ2v) is 9.94. The fraction of sp³-hybridized carbons (Fsp3) is 0.0625.